The molecule has 206 valence electrons. The first-order valence-electron chi connectivity index (χ1n) is 13.4. The van der Waals surface area contributed by atoms with Gasteiger partial charge in [0.25, 0.3) is 0 Å². The Balaban J connectivity index is 0.000000459. The van der Waals surface area contributed by atoms with E-state index < -0.39 is 11.9 Å². The standard InChI is InChI=1S/C28H34N2O.C4H4O4/c1-4-11-25(12-5-1)13-10-18-29-19-21-30(22-20-29)23-24-31-28(26-14-6-2-7-15-26)27-16-8-3-9-17-27;5-3(6)1-2-4(7)8/h1-9,11-12,14-17,28H,10,13,18-24H2;1-2H,(H,5,6)(H,7,8)/b;2-1+. The minimum atomic E-state index is -1.26. The van der Waals surface area contributed by atoms with Crippen LogP contribution in [0.3, 0.4) is 0 Å². The Morgan fingerprint density at radius 1 is 0.692 bits per heavy atom. The van der Waals surface area contributed by atoms with Crippen LogP contribution in [0.2, 0.25) is 0 Å². The first-order chi connectivity index (χ1) is 19.0. The van der Waals surface area contributed by atoms with Crippen LogP contribution in [0.25, 0.3) is 0 Å². The molecule has 7 nitrogen and oxygen atoms in total. The number of hydrogen-bond donors (Lipinski definition) is 2. The maximum absolute atomic E-state index is 9.55. The molecule has 0 aliphatic carbocycles. The Morgan fingerprint density at radius 2 is 1.13 bits per heavy atom. The van der Waals surface area contributed by atoms with Crippen molar-refractivity contribution in [3.8, 4) is 0 Å². The molecule has 2 N–H and O–H groups in total. The van der Waals surface area contributed by atoms with E-state index in [0.717, 1.165) is 39.3 Å². The molecule has 0 bridgehead atoms. The van der Waals surface area contributed by atoms with Gasteiger partial charge in [-0.3, -0.25) is 4.90 Å². The normalized spacial score (nSPS) is 14.2. The molecule has 3 aromatic carbocycles. The Bertz CT molecular complexity index is 1080. The minimum Gasteiger partial charge on any atom is -0.478 e. The molecule has 1 fully saturated rings. The van der Waals surface area contributed by atoms with Gasteiger partial charge in [0.15, 0.2) is 0 Å². The van der Waals surface area contributed by atoms with Crippen LogP contribution in [-0.4, -0.2) is 77.8 Å². The van der Waals surface area contributed by atoms with Gasteiger partial charge in [-0.05, 0) is 36.1 Å². The van der Waals surface area contributed by atoms with E-state index in [0.29, 0.717) is 12.2 Å². The van der Waals surface area contributed by atoms with Gasteiger partial charge in [0, 0.05) is 44.9 Å². The van der Waals surface area contributed by atoms with Crippen LogP contribution in [0, 0.1) is 0 Å². The summed E-state index contributed by atoms with van der Waals surface area (Å²) < 4.78 is 6.40. The predicted molar refractivity (Wildman–Crippen MR) is 153 cm³/mol. The summed E-state index contributed by atoms with van der Waals surface area (Å²) in [6, 6.07) is 31.9. The molecule has 0 atom stereocenters. The van der Waals surface area contributed by atoms with Crippen molar-refractivity contribution in [2.45, 2.75) is 18.9 Å². The van der Waals surface area contributed by atoms with Crippen molar-refractivity contribution in [2.24, 2.45) is 0 Å². The van der Waals surface area contributed by atoms with Crippen LogP contribution in [0.5, 0.6) is 0 Å². The van der Waals surface area contributed by atoms with Gasteiger partial charge < -0.3 is 19.8 Å². The second-order valence-electron chi connectivity index (χ2n) is 9.35. The summed E-state index contributed by atoms with van der Waals surface area (Å²) >= 11 is 0. The molecule has 39 heavy (non-hydrogen) atoms. The lowest BCUT2D eigenvalue weighted by Gasteiger charge is -2.35. The van der Waals surface area contributed by atoms with E-state index in [2.05, 4.69) is 101 Å². The van der Waals surface area contributed by atoms with Gasteiger partial charge in [-0.15, -0.1) is 0 Å². The lowest BCUT2D eigenvalue weighted by Crippen LogP contribution is -2.47. The van der Waals surface area contributed by atoms with E-state index in [4.69, 9.17) is 14.9 Å². The third-order valence-corrected chi connectivity index (χ3v) is 6.51. The highest BCUT2D eigenvalue weighted by Crippen LogP contribution is 2.25. The molecule has 0 amide bonds. The van der Waals surface area contributed by atoms with Crippen molar-refractivity contribution in [3.05, 3.63) is 120 Å². The van der Waals surface area contributed by atoms with Crippen LogP contribution in [-0.2, 0) is 20.7 Å². The molecule has 0 unspecified atom stereocenters. The van der Waals surface area contributed by atoms with E-state index in [-0.39, 0.29) is 6.10 Å². The van der Waals surface area contributed by atoms with E-state index in [1.54, 1.807) is 0 Å². The molecule has 1 heterocycles. The molecular weight excluding hydrogens is 492 g/mol. The van der Waals surface area contributed by atoms with Crippen LogP contribution < -0.4 is 0 Å². The average molecular weight is 531 g/mol. The number of nitrogens with zero attached hydrogens (tertiary/aromatic N) is 2. The fraction of sp³-hybridized carbons (Fsp3) is 0.312. The maximum Gasteiger partial charge on any atom is 0.328 e. The quantitative estimate of drug-likeness (QED) is 0.327. The number of hydrogen-bond acceptors (Lipinski definition) is 5. The highest BCUT2D eigenvalue weighted by Gasteiger charge is 2.18. The molecule has 0 spiro atoms. The summed E-state index contributed by atoms with van der Waals surface area (Å²) in [6.45, 7) is 7.54. The van der Waals surface area contributed by atoms with Crippen LogP contribution in [0.4, 0.5) is 0 Å². The monoisotopic (exact) mass is 530 g/mol. The predicted octanol–water partition coefficient (Wildman–Crippen LogP) is 4.75. The van der Waals surface area contributed by atoms with E-state index in [9.17, 15) is 9.59 Å². The molecule has 1 saturated heterocycles. The summed E-state index contributed by atoms with van der Waals surface area (Å²) in [7, 11) is 0. The fourth-order valence-corrected chi connectivity index (χ4v) is 4.47. The van der Waals surface area contributed by atoms with Crippen molar-refractivity contribution in [1.82, 2.24) is 9.80 Å². The number of carboxylic acid groups (broad SMARTS) is 2. The first kappa shape index (κ1) is 29.8. The lowest BCUT2D eigenvalue weighted by atomic mass is 10.0. The molecule has 0 radical (unpaired) electrons. The molecular formula is C32H38N2O5. The largest absolute Gasteiger partial charge is 0.478 e. The Hall–Kier alpha value is -3.78. The maximum atomic E-state index is 9.55. The number of carbonyl (C=O) groups is 2. The number of piperazine rings is 1. The topological polar surface area (TPSA) is 90.3 Å². The van der Waals surface area contributed by atoms with Crippen molar-refractivity contribution in [3.63, 3.8) is 0 Å². The van der Waals surface area contributed by atoms with Crippen molar-refractivity contribution in [1.29, 1.82) is 0 Å². The number of aryl methyl sites for hydroxylation is 1. The third kappa shape index (κ3) is 11.7. The zero-order valence-electron chi connectivity index (χ0n) is 22.3. The molecule has 7 heteroatoms. The van der Waals surface area contributed by atoms with Gasteiger partial charge in [0.1, 0.15) is 6.10 Å². The highest BCUT2D eigenvalue weighted by molar-refractivity contribution is 5.89. The molecule has 4 rings (SSSR count). The van der Waals surface area contributed by atoms with E-state index in [1.165, 1.54) is 36.1 Å². The zero-order valence-corrected chi connectivity index (χ0v) is 22.3. The lowest BCUT2D eigenvalue weighted by molar-refractivity contribution is -0.134. The van der Waals surface area contributed by atoms with Crippen LogP contribution >= 0.6 is 0 Å². The van der Waals surface area contributed by atoms with Gasteiger partial charge in [-0.2, -0.15) is 0 Å². The fourth-order valence-electron chi connectivity index (χ4n) is 4.47. The second-order valence-corrected chi connectivity index (χ2v) is 9.35. The number of aliphatic carboxylic acids is 2. The number of carboxylic acids is 2. The molecule has 3 aromatic rings. The van der Waals surface area contributed by atoms with Crippen molar-refractivity contribution >= 4 is 11.9 Å². The summed E-state index contributed by atoms with van der Waals surface area (Å²) in [5.74, 6) is -2.51. The second kappa shape index (κ2) is 16.9. The molecule has 1 aliphatic heterocycles. The highest BCUT2D eigenvalue weighted by atomic mass is 16.5. The summed E-state index contributed by atoms with van der Waals surface area (Å²) in [6.07, 6.45) is 3.53. The van der Waals surface area contributed by atoms with Gasteiger partial charge in [-0.25, -0.2) is 9.59 Å². The molecule has 1 aliphatic rings. The SMILES string of the molecule is O=C(O)/C=C/C(=O)O.c1ccc(CCCN2CCN(CCOC(c3ccccc3)c3ccccc3)CC2)cc1. The summed E-state index contributed by atoms with van der Waals surface area (Å²) in [4.78, 5) is 24.3. The number of ether oxygens (including phenoxy) is 1. The van der Waals surface area contributed by atoms with Gasteiger partial charge in [-0.1, -0.05) is 91.0 Å². The molecule has 0 aromatic heterocycles. The zero-order chi connectivity index (χ0) is 27.7. The van der Waals surface area contributed by atoms with E-state index >= 15 is 0 Å². The van der Waals surface area contributed by atoms with E-state index in [1.807, 2.05) is 0 Å². The minimum absolute atomic E-state index is 0.00155. The Kier molecular flexibility index (Phi) is 12.9. The van der Waals surface area contributed by atoms with Gasteiger partial charge in [0.05, 0.1) is 6.61 Å². The molecule has 0 saturated carbocycles. The Morgan fingerprint density at radius 3 is 1.59 bits per heavy atom. The van der Waals surface area contributed by atoms with Crippen molar-refractivity contribution in [2.75, 3.05) is 45.9 Å². The average Bonchev–Trinajstić information content (AvgIpc) is 2.97. The summed E-state index contributed by atoms with van der Waals surface area (Å²) in [5, 5.41) is 15.6. The van der Waals surface area contributed by atoms with Crippen molar-refractivity contribution < 1.29 is 24.5 Å². The van der Waals surface area contributed by atoms with Gasteiger partial charge in [0.2, 0.25) is 0 Å². The number of rotatable bonds is 12. The Labute approximate surface area is 231 Å². The summed E-state index contributed by atoms with van der Waals surface area (Å²) in [5.41, 5.74) is 3.89. The van der Waals surface area contributed by atoms with Crippen LogP contribution in [0.1, 0.15) is 29.2 Å². The van der Waals surface area contributed by atoms with Crippen LogP contribution in [0.15, 0.2) is 103 Å². The number of benzene rings is 3. The smallest absolute Gasteiger partial charge is 0.328 e. The third-order valence-electron chi connectivity index (χ3n) is 6.51. The van der Waals surface area contributed by atoms with Gasteiger partial charge >= 0.3 is 11.9 Å². The first-order valence-corrected chi connectivity index (χ1v) is 13.4.